The van der Waals surface area contributed by atoms with Crippen molar-refractivity contribution in [3.63, 3.8) is 0 Å². The van der Waals surface area contributed by atoms with Crippen molar-refractivity contribution in [3.8, 4) is 0 Å². The average Bonchev–Trinajstić information content (AvgIpc) is 3.03. The first-order valence-electron chi connectivity index (χ1n) is 7.14. The SMILES string of the molecule is Nc1ccc(NC(=S)N[C@@H]2C[C@H]3CC[C@@H]2C3)cc1[N+](=O)[O-]. The Kier molecular flexibility index (Phi) is 3.67. The van der Waals surface area contributed by atoms with E-state index in [0.717, 1.165) is 11.8 Å². The number of nitrogens with two attached hydrogens (primary N) is 1. The number of hydrogen-bond donors (Lipinski definition) is 3. The fourth-order valence-electron chi connectivity index (χ4n) is 3.54. The van der Waals surface area contributed by atoms with E-state index in [1.807, 2.05) is 0 Å². The summed E-state index contributed by atoms with van der Waals surface area (Å²) in [5.74, 6) is 1.56. The van der Waals surface area contributed by atoms with Gasteiger partial charge in [0.15, 0.2) is 5.11 Å². The van der Waals surface area contributed by atoms with Gasteiger partial charge in [-0.3, -0.25) is 10.1 Å². The van der Waals surface area contributed by atoms with Crippen LogP contribution in [0.25, 0.3) is 0 Å². The number of nitrogen functional groups attached to an aromatic ring is 1. The van der Waals surface area contributed by atoms with E-state index in [0.29, 0.717) is 16.8 Å². The highest BCUT2D eigenvalue weighted by Crippen LogP contribution is 2.44. The summed E-state index contributed by atoms with van der Waals surface area (Å²) < 4.78 is 0. The van der Waals surface area contributed by atoms with Crippen molar-refractivity contribution >= 4 is 34.4 Å². The normalized spacial score (nSPS) is 26.6. The number of anilines is 2. The lowest BCUT2D eigenvalue weighted by molar-refractivity contribution is -0.383. The van der Waals surface area contributed by atoms with Gasteiger partial charge < -0.3 is 16.4 Å². The minimum absolute atomic E-state index is 0.109. The zero-order valence-electron chi connectivity index (χ0n) is 11.5. The van der Waals surface area contributed by atoms with Crippen molar-refractivity contribution in [2.45, 2.75) is 31.7 Å². The molecule has 3 atom stereocenters. The Hall–Kier alpha value is -1.89. The highest BCUT2D eigenvalue weighted by Gasteiger charge is 2.39. The van der Waals surface area contributed by atoms with Crippen molar-refractivity contribution in [1.29, 1.82) is 0 Å². The Morgan fingerprint density at radius 2 is 2.19 bits per heavy atom. The number of nitro benzene ring substituents is 1. The molecule has 2 aliphatic carbocycles. The molecule has 2 bridgehead atoms. The first-order valence-corrected chi connectivity index (χ1v) is 7.55. The van der Waals surface area contributed by atoms with E-state index in [2.05, 4.69) is 10.6 Å². The molecule has 6 nitrogen and oxygen atoms in total. The maximum atomic E-state index is 10.9. The summed E-state index contributed by atoms with van der Waals surface area (Å²) in [5, 5.41) is 17.7. The Labute approximate surface area is 128 Å². The highest BCUT2D eigenvalue weighted by molar-refractivity contribution is 7.80. The second-order valence-electron chi connectivity index (χ2n) is 5.91. The minimum atomic E-state index is -0.493. The number of nitrogens with zero attached hydrogens (tertiary/aromatic N) is 1. The van der Waals surface area contributed by atoms with E-state index in [1.54, 1.807) is 6.07 Å². The topological polar surface area (TPSA) is 93.2 Å². The molecule has 2 aliphatic rings. The molecule has 2 fully saturated rings. The number of thiocarbonyl (C=S) groups is 1. The highest BCUT2D eigenvalue weighted by atomic mass is 32.1. The molecule has 1 aromatic rings. The molecule has 2 saturated carbocycles. The molecular formula is C14H18N4O2S. The van der Waals surface area contributed by atoms with Crippen LogP contribution < -0.4 is 16.4 Å². The van der Waals surface area contributed by atoms with Crippen LogP contribution in [0.15, 0.2) is 18.2 Å². The van der Waals surface area contributed by atoms with Crippen LogP contribution in [-0.2, 0) is 0 Å². The van der Waals surface area contributed by atoms with Crippen LogP contribution in [0.5, 0.6) is 0 Å². The van der Waals surface area contributed by atoms with Gasteiger partial charge in [0.2, 0.25) is 0 Å². The largest absolute Gasteiger partial charge is 0.393 e. The zero-order chi connectivity index (χ0) is 15.0. The van der Waals surface area contributed by atoms with Crippen molar-refractivity contribution in [2.75, 3.05) is 11.1 Å². The van der Waals surface area contributed by atoms with Crippen LogP contribution in [0.1, 0.15) is 25.7 Å². The van der Waals surface area contributed by atoms with Gasteiger partial charge in [-0.1, -0.05) is 6.42 Å². The van der Waals surface area contributed by atoms with Crippen LogP contribution in [-0.4, -0.2) is 16.1 Å². The molecule has 1 aromatic carbocycles. The van der Waals surface area contributed by atoms with Crippen LogP contribution in [0.3, 0.4) is 0 Å². The Morgan fingerprint density at radius 3 is 2.81 bits per heavy atom. The van der Waals surface area contributed by atoms with E-state index < -0.39 is 4.92 Å². The van der Waals surface area contributed by atoms with E-state index in [9.17, 15) is 10.1 Å². The lowest BCUT2D eigenvalue weighted by Gasteiger charge is -2.24. The molecule has 0 heterocycles. The van der Waals surface area contributed by atoms with Crippen LogP contribution in [0, 0.1) is 22.0 Å². The number of nitrogens with one attached hydrogen (secondary N) is 2. The zero-order valence-corrected chi connectivity index (χ0v) is 12.4. The van der Waals surface area contributed by atoms with Gasteiger partial charge in [-0.05, 0) is 55.4 Å². The molecule has 0 aliphatic heterocycles. The summed E-state index contributed by atoms with van der Waals surface area (Å²) in [6.07, 6.45) is 5.09. The lowest BCUT2D eigenvalue weighted by Crippen LogP contribution is -2.40. The summed E-state index contributed by atoms with van der Waals surface area (Å²) in [4.78, 5) is 10.4. The van der Waals surface area contributed by atoms with E-state index in [4.69, 9.17) is 18.0 Å². The summed E-state index contributed by atoms with van der Waals surface area (Å²) in [6, 6.07) is 5.05. The van der Waals surface area contributed by atoms with Crippen molar-refractivity contribution in [3.05, 3.63) is 28.3 Å². The third-order valence-corrected chi connectivity index (χ3v) is 4.76. The first-order chi connectivity index (χ1) is 10.0. The molecule has 7 heteroatoms. The molecular weight excluding hydrogens is 288 g/mol. The fraction of sp³-hybridized carbons (Fsp3) is 0.500. The Morgan fingerprint density at radius 1 is 1.38 bits per heavy atom. The third-order valence-electron chi connectivity index (χ3n) is 4.54. The monoisotopic (exact) mass is 306 g/mol. The summed E-state index contributed by atoms with van der Waals surface area (Å²) in [7, 11) is 0. The van der Waals surface area contributed by atoms with Gasteiger partial charge in [-0.15, -0.1) is 0 Å². The standard InChI is InChI=1S/C14H18N4O2S/c15-11-4-3-10(7-13(11)18(19)20)16-14(21)17-12-6-8-1-2-9(12)5-8/h3-4,7-9,12H,1-2,5-6,15H2,(H2,16,17,21)/t8-,9+,12+/m0/s1. The van der Waals surface area contributed by atoms with Gasteiger partial charge in [0, 0.05) is 17.8 Å². The quantitative estimate of drug-likeness (QED) is 0.344. The Bertz CT molecular complexity index is 592. The average molecular weight is 306 g/mol. The van der Waals surface area contributed by atoms with Gasteiger partial charge in [0.05, 0.1) is 4.92 Å². The molecule has 0 unspecified atom stereocenters. The maximum absolute atomic E-state index is 10.9. The number of benzene rings is 1. The summed E-state index contributed by atoms with van der Waals surface area (Å²) in [6.45, 7) is 0. The fourth-order valence-corrected chi connectivity index (χ4v) is 3.81. The molecule has 0 spiro atoms. The third kappa shape index (κ3) is 2.92. The van der Waals surface area contributed by atoms with E-state index in [-0.39, 0.29) is 11.4 Å². The summed E-state index contributed by atoms with van der Waals surface area (Å²) >= 11 is 5.31. The van der Waals surface area contributed by atoms with Gasteiger partial charge in [-0.25, -0.2) is 0 Å². The van der Waals surface area contributed by atoms with Gasteiger partial charge >= 0.3 is 0 Å². The predicted octanol–water partition coefficient (Wildman–Crippen LogP) is 2.65. The molecule has 3 rings (SSSR count). The molecule has 4 N–H and O–H groups in total. The number of fused-ring (bicyclic) bond motifs is 2. The van der Waals surface area contributed by atoms with E-state index in [1.165, 1.54) is 37.8 Å². The minimum Gasteiger partial charge on any atom is -0.393 e. The molecule has 112 valence electrons. The van der Waals surface area contributed by atoms with Crippen molar-refractivity contribution < 1.29 is 4.92 Å². The van der Waals surface area contributed by atoms with Crippen LogP contribution >= 0.6 is 12.2 Å². The molecule has 0 saturated heterocycles. The second kappa shape index (κ2) is 5.48. The first kappa shape index (κ1) is 14.1. The molecule has 21 heavy (non-hydrogen) atoms. The van der Waals surface area contributed by atoms with Crippen molar-refractivity contribution in [1.82, 2.24) is 5.32 Å². The number of rotatable bonds is 3. The maximum Gasteiger partial charge on any atom is 0.294 e. The van der Waals surface area contributed by atoms with E-state index >= 15 is 0 Å². The van der Waals surface area contributed by atoms with Gasteiger partial charge in [-0.2, -0.15) is 0 Å². The predicted molar refractivity (Wildman–Crippen MR) is 86.1 cm³/mol. The number of nitro groups is 1. The van der Waals surface area contributed by atoms with Crippen molar-refractivity contribution in [2.24, 2.45) is 11.8 Å². The molecule has 0 amide bonds. The van der Waals surface area contributed by atoms with Gasteiger partial charge in [0.1, 0.15) is 5.69 Å². The van der Waals surface area contributed by atoms with Crippen LogP contribution in [0.2, 0.25) is 0 Å². The summed E-state index contributed by atoms with van der Waals surface area (Å²) in [5.41, 5.74) is 6.20. The lowest BCUT2D eigenvalue weighted by atomic mass is 9.96. The second-order valence-corrected chi connectivity index (χ2v) is 6.32. The molecule has 0 aromatic heterocycles. The van der Waals surface area contributed by atoms with Crippen LogP contribution in [0.4, 0.5) is 17.1 Å². The smallest absolute Gasteiger partial charge is 0.294 e. The van der Waals surface area contributed by atoms with Gasteiger partial charge in [0.25, 0.3) is 5.69 Å². The Balaban J connectivity index is 1.62. The number of hydrogen-bond acceptors (Lipinski definition) is 4. The molecule has 0 radical (unpaired) electrons.